The number of carbonyl (C=O) groups is 2. The van der Waals surface area contributed by atoms with Gasteiger partial charge in [0.05, 0.1) is 28.5 Å². The Morgan fingerprint density at radius 1 is 1.12 bits per heavy atom. The van der Waals surface area contributed by atoms with Gasteiger partial charge in [0.2, 0.25) is 5.91 Å². The smallest absolute Gasteiger partial charge is 0.264 e. The van der Waals surface area contributed by atoms with E-state index in [2.05, 4.69) is 0 Å². The maximum Gasteiger partial charge on any atom is 0.264 e. The third-order valence-electron chi connectivity index (χ3n) is 4.94. The van der Waals surface area contributed by atoms with Crippen LogP contribution in [0.2, 0.25) is 0 Å². The van der Waals surface area contributed by atoms with Crippen LogP contribution in [0.1, 0.15) is 41.2 Å². The number of nitrogens with zero attached hydrogens (tertiary/aromatic N) is 2. The van der Waals surface area contributed by atoms with E-state index in [0.717, 1.165) is 17.7 Å². The van der Waals surface area contributed by atoms with Crippen molar-refractivity contribution in [2.24, 2.45) is 0 Å². The molecule has 0 unspecified atom stereocenters. The minimum Gasteiger partial charge on any atom is -0.335 e. The molecule has 3 rings (SSSR count). The highest BCUT2D eigenvalue weighted by atomic mass is 32.2. The maximum absolute atomic E-state index is 12.9. The van der Waals surface area contributed by atoms with E-state index in [0.29, 0.717) is 24.4 Å². The second-order valence-electron chi connectivity index (χ2n) is 6.67. The van der Waals surface area contributed by atoms with Crippen LogP contribution in [-0.4, -0.2) is 66.7 Å². The fourth-order valence-corrected chi connectivity index (χ4v) is 6.58. The van der Waals surface area contributed by atoms with Gasteiger partial charge in [-0.05, 0) is 25.0 Å². The van der Waals surface area contributed by atoms with Gasteiger partial charge in [-0.15, -0.1) is 11.3 Å². The van der Waals surface area contributed by atoms with Gasteiger partial charge in [0.15, 0.2) is 9.84 Å². The van der Waals surface area contributed by atoms with Crippen molar-refractivity contribution in [3.8, 4) is 0 Å². The molecule has 2 atom stereocenters. The second kappa shape index (κ2) is 7.07. The molecule has 2 aliphatic rings. The van der Waals surface area contributed by atoms with Crippen molar-refractivity contribution in [1.82, 2.24) is 9.80 Å². The molecule has 6 nitrogen and oxygen atoms in total. The summed E-state index contributed by atoms with van der Waals surface area (Å²) in [5, 5.41) is 0. The molecule has 2 aliphatic heterocycles. The van der Waals surface area contributed by atoms with E-state index in [1.54, 1.807) is 9.80 Å². The minimum atomic E-state index is -3.24. The zero-order chi connectivity index (χ0) is 18.2. The molecule has 8 heteroatoms. The molecule has 138 valence electrons. The molecule has 2 saturated heterocycles. The fraction of sp³-hybridized carbons (Fsp3) is 0.647. The van der Waals surface area contributed by atoms with E-state index >= 15 is 0 Å². The molecule has 0 aromatic carbocycles. The standard InChI is InChI=1S/C17H24N2O4S2/c1-3-5-16(20)18-8-9-19(14-11-25(22,23)10-13(14)18)17(21)15-7-6-12(4-2)24-15/h6-7,13-14H,3-5,8-11H2,1-2H3/t13-,14+/m1/s1. The maximum atomic E-state index is 12.9. The van der Waals surface area contributed by atoms with Gasteiger partial charge in [-0.25, -0.2) is 8.42 Å². The molecule has 0 aliphatic carbocycles. The van der Waals surface area contributed by atoms with Crippen LogP contribution >= 0.6 is 11.3 Å². The first-order chi connectivity index (χ1) is 11.9. The lowest BCUT2D eigenvalue weighted by Crippen LogP contribution is -2.61. The summed E-state index contributed by atoms with van der Waals surface area (Å²) in [4.78, 5) is 30.4. The first-order valence-electron chi connectivity index (χ1n) is 8.76. The van der Waals surface area contributed by atoms with E-state index in [-0.39, 0.29) is 23.3 Å². The Kier molecular flexibility index (Phi) is 5.20. The predicted molar refractivity (Wildman–Crippen MR) is 97.6 cm³/mol. The minimum absolute atomic E-state index is 0.00825. The summed E-state index contributed by atoms with van der Waals surface area (Å²) in [6.45, 7) is 4.78. The molecule has 1 aromatic rings. The molecule has 0 N–H and O–H groups in total. The van der Waals surface area contributed by atoms with Crippen LogP contribution in [0.4, 0.5) is 0 Å². The van der Waals surface area contributed by atoms with Gasteiger partial charge in [-0.2, -0.15) is 0 Å². The number of sulfone groups is 1. The Morgan fingerprint density at radius 3 is 2.36 bits per heavy atom. The monoisotopic (exact) mass is 384 g/mol. The number of thiophene rings is 1. The number of fused-ring (bicyclic) bond motifs is 1. The van der Waals surface area contributed by atoms with Crippen LogP contribution in [0.5, 0.6) is 0 Å². The molecular weight excluding hydrogens is 360 g/mol. The zero-order valence-corrected chi connectivity index (χ0v) is 16.2. The van der Waals surface area contributed by atoms with E-state index in [4.69, 9.17) is 0 Å². The summed E-state index contributed by atoms with van der Waals surface area (Å²) < 4.78 is 24.4. The molecule has 3 heterocycles. The highest BCUT2D eigenvalue weighted by molar-refractivity contribution is 7.91. The molecular formula is C17H24N2O4S2. The van der Waals surface area contributed by atoms with E-state index < -0.39 is 21.9 Å². The lowest BCUT2D eigenvalue weighted by molar-refractivity contribution is -0.136. The average molecular weight is 385 g/mol. The highest BCUT2D eigenvalue weighted by Gasteiger charge is 2.49. The van der Waals surface area contributed by atoms with Crippen molar-refractivity contribution in [1.29, 1.82) is 0 Å². The summed E-state index contributed by atoms with van der Waals surface area (Å²) in [6, 6.07) is 2.92. The van der Waals surface area contributed by atoms with Gasteiger partial charge in [0.1, 0.15) is 0 Å². The quantitative estimate of drug-likeness (QED) is 0.790. The molecule has 25 heavy (non-hydrogen) atoms. The van der Waals surface area contributed by atoms with Crippen molar-refractivity contribution >= 4 is 33.0 Å². The van der Waals surface area contributed by atoms with Crippen LogP contribution in [-0.2, 0) is 21.1 Å². The molecule has 0 saturated carbocycles. The molecule has 0 radical (unpaired) electrons. The second-order valence-corrected chi connectivity index (χ2v) is 9.99. The Bertz CT molecular complexity index is 771. The normalized spacial score (nSPS) is 25.0. The Labute approximate surface area is 152 Å². The summed E-state index contributed by atoms with van der Waals surface area (Å²) in [7, 11) is -3.24. The molecule has 1 aromatic heterocycles. The van der Waals surface area contributed by atoms with Crippen LogP contribution in [0.3, 0.4) is 0 Å². The van der Waals surface area contributed by atoms with Gasteiger partial charge in [-0.1, -0.05) is 13.8 Å². The van der Waals surface area contributed by atoms with E-state index in [9.17, 15) is 18.0 Å². The van der Waals surface area contributed by atoms with Gasteiger partial charge >= 0.3 is 0 Å². The lowest BCUT2D eigenvalue weighted by Gasteiger charge is -2.43. The fourth-order valence-electron chi connectivity index (χ4n) is 3.70. The van der Waals surface area contributed by atoms with Crippen molar-refractivity contribution in [2.75, 3.05) is 24.6 Å². The lowest BCUT2D eigenvalue weighted by atomic mass is 10.0. The Morgan fingerprint density at radius 2 is 1.76 bits per heavy atom. The SMILES string of the molecule is CCCC(=O)N1CCN(C(=O)c2ccc(CC)s2)[C@H]2CS(=O)(=O)C[C@H]21. The van der Waals surface area contributed by atoms with Crippen molar-refractivity contribution in [3.05, 3.63) is 21.9 Å². The zero-order valence-electron chi connectivity index (χ0n) is 14.6. The van der Waals surface area contributed by atoms with Gasteiger partial charge in [0, 0.05) is 24.4 Å². The van der Waals surface area contributed by atoms with Crippen LogP contribution in [0, 0.1) is 0 Å². The first kappa shape index (κ1) is 18.4. The predicted octanol–water partition coefficient (Wildman–Crippen LogP) is 1.56. The van der Waals surface area contributed by atoms with E-state index in [1.807, 2.05) is 26.0 Å². The number of piperazine rings is 1. The van der Waals surface area contributed by atoms with Crippen LogP contribution in [0.25, 0.3) is 0 Å². The van der Waals surface area contributed by atoms with E-state index in [1.165, 1.54) is 11.3 Å². The Hall–Kier alpha value is -1.41. The average Bonchev–Trinajstić information content (AvgIpc) is 3.16. The van der Waals surface area contributed by atoms with Gasteiger partial charge in [0.25, 0.3) is 5.91 Å². The highest BCUT2D eigenvalue weighted by Crippen LogP contribution is 2.30. The van der Waals surface area contributed by atoms with Crippen molar-refractivity contribution in [2.45, 2.75) is 45.2 Å². The third kappa shape index (κ3) is 3.60. The summed E-state index contributed by atoms with van der Waals surface area (Å²) in [5.74, 6) is -0.210. The van der Waals surface area contributed by atoms with Gasteiger partial charge in [-0.3, -0.25) is 9.59 Å². The number of amides is 2. The number of hydrogen-bond donors (Lipinski definition) is 0. The molecule has 0 bridgehead atoms. The van der Waals surface area contributed by atoms with Gasteiger partial charge < -0.3 is 9.80 Å². The third-order valence-corrected chi connectivity index (χ3v) is 7.86. The topological polar surface area (TPSA) is 74.8 Å². The summed E-state index contributed by atoms with van der Waals surface area (Å²) >= 11 is 1.46. The molecule has 2 amide bonds. The largest absolute Gasteiger partial charge is 0.335 e. The van der Waals surface area contributed by atoms with Crippen molar-refractivity contribution in [3.63, 3.8) is 0 Å². The van der Waals surface area contributed by atoms with Crippen LogP contribution in [0.15, 0.2) is 12.1 Å². The summed E-state index contributed by atoms with van der Waals surface area (Å²) in [6.07, 6.45) is 2.02. The Balaban J connectivity index is 1.85. The molecule has 0 spiro atoms. The number of hydrogen-bond acceptors (Lipinski definition) is 5. The summed E-state index contributed by atoms with van der Waals surface area (Å²) in [5.41, 5.74) is 0. The number of rotatable bonds is 4. The number of carbonyl (C=O) groups excluding carboxylic acids is 2. The van der Waals surface area contributed by atoms with Crippen LogP contribution < -0.4 is 0 Å². The first-order valence-corrected chi connectivity index (χ1v) is 11.4. The number of aryl methyl sites for hydroxylation is 1. The molecule has 2 fully saturated rings. The van der Waals surface area contributed by atoms with Crippen molar-refractivity contribution < 1.29 is 18.0 Å².